The number of carbonyl (C=O) groups is 1. The van der Waals surface area contributed by atoms with E-state index in [4.69, 9.17) is 0 Å². The van der Waals surface area contributed by atoms with Crippen LogP contribution in [0.3, 0.4) is 0 Å². The Hall–Kier alpha value is -3.54. The predicted molar refractivity (Wildman–Crippen MR) is 106 cm³/mol. The minimum Gasteiger partial charge on any atom is -0.508 e. The standard InChI is InChI=1S/C22H19N3O3/c26-15-9-4-6-13(12-15)18-19-16(10-5-11-17(19)27)23-21-20(18)22(28)25(24-21)14-7-2-1-3-8-14/h1-4,6-9,12,18,23-24,26H,5,10-11H2. The SMILES string of the molecule is O=C1CCCC2=C1C(c1cccc(O)c1)c1c([nH]n(-c3ccccc3)c1=O)N2. The number of aromatic hydroxyl groups is 1. The van der Waals surface area contributed by atoms with Crippen molar-refractivity contribution in [3.8, 4) is 11.4 Å². The Labute approximate surface area is 161 Å². The number of carbonyl (C=O) groups excluding carboxylic acids is 1. The molecule has 3 aromatic rings. The Morgan fingerprint density at radius 3 is 2.61 bits per heavy atom. The maximum atomic E-state index is 13.4. The number of aromatic nitrogens is 2. The third kappa shape index (κ3) is 2.49. The van der Waals surface area contributed by atoms with Gasteiger partial charge in [0.15, 0.2) is 5.78 Å². The van der Waals surface area contributed by atoms with Gasteiger partial charge in [0.25, 0.3) is 5.56 Å². The van der Waals surface area contributed by atoms with Crippen LogP contribution in [0.2, 0.25) is 0 Å². The second-order valence-electron chi connectivity index (χ2n) is 7.20. The number of para-hydroxylation sites is 1. The van der Waals surface area contributed by atoms with Crippen molar-refractivity contribution in [1.82, 2.24) is 9.78 Å². The molecule has 0 radical (unpaired) electrons. The summed E-state index contributed by atoms with van der Waals surface area (Å²) in [5, 5.41) is 16.5. The number of H-pyrrole nitrogens is 1. The number of rotatable bonds is 2. The maximum absolute atomic E-state index is 13.4. The van der Waals surface area contributed by atoms with Crippen LogP contribution in [0.15, 0.2) is 70.7 Å². The zero-order valence-electron chi connectivity index (χ0n) is 15.1. The number of hydrogen-bond donors (Lipinski definition) is 3. The van der Waals surface area contributed by atoms with Crippen molar-refractivity contribution in [3.63, 3.8) is 0 Å². The number of nitrogens with one attached hydrogen (secondary N) is 2. The first-order chi connectivity index (χ1) is 13.6. The van der Waals surface area contributed by atoms with Gasteiger partial charge in [0.1, 0.15) is 11.6 Å². The fourth-order valence-electron chi connectivity index (χ4n) is 4.23. The molecule has 3 N–H and O–H groups in total. The number of anilines is 1. The second kappa shape index (κ2) is 6.27. The van der Waals surface area contributed by atoms with Crippen molar-refractivity contribution in [2.75, 3.05) is 5.32 Å². The second-order valence-corrected chi connectivity index (χ2v) is 7.20. The lowest BCUT2D eigenvalue weighted by Crippen LogP contribution is -2.29. The molecule has 5 rings (SSSR count). The number of phenols is 1. The Morgan fingerprint density at radius 2 is 1.82 bits per heavy atom. The first kappa shape index (κ1) is 16.6. The van der Waals surface area contributed by atoms with Gasteiger partial charge in [-0.1, -0.05) is 30.3 Å². The molecule has 0 bridgehead atoms. The Balaban J connectivity index is 1.76. The highest BCUT2D eigenvalue weighted by atomic mass is 16.3. The molecule has 0 amide bonds. The molecule has 140 valence electrons. The quantitative estimate of drug-likeness (QED) is 0.642. The van der Waals surface area contributed by atoms with E-state index in [0.29, 0.717) is 23.4 Å². The molecule has 1 aliphatic carbocycles. The average molecular weight is 373 g/mol. The van der Waals surface area contributed by atoms with E-state index < -0.39 is 5.92 Å². The van der Waals surface area contributed by atoms with Gasteiger partial charge in [-0.2, -0.15) is 0 Å². The summed E-state index contributed by atoms with van der Waals surface area (Å²) in [6.07, 6.45) is 2.02. The molecule has 1 unspecified atom stereocenters. The normalized spacial score (nSPS) is 18.4. The van der Waals surface area contributed by atoms with Gasteiger partial charge in [0.05, 0.1) is 11.3 Å². The van der Waals surface area contributed by atoms with Crippen molar-refractivity contribution < 1.29 is 9.90 Å². The molecular weight excluding hydrogens is 354 g/mol. The van der Waals surface area contributed by atoms with E-state index in [0.717, 1.165) is 29.8 Å². The number of ketones is 1. The van der Waals surface area contributed by atoms with Crippen LogP contribution in [0.4, 0.5) is 5.82 Å². The van der Waals surface area contributed by atoms with Gasteiger partial charge in [-0.3, -0.25) is 14.7 Å². The summed E-state index contributed by atoms with van der Waals surface area (Å²) < 4.78 is 1.50. The van der Waals surface area contributed by atoms with E-state index in [1.54, 1.807) is 18.2 Å². The third-order valence-corrected chi connectivity index (χ3v) is 5.45. The van der Waals surface area contributed by atoms with Crippen molar-refractivity contribution in [2.24, 2.45) is 0 Å². The van der Waals surface area contributed by atoms with Crippen LogP contribution in [0.1, 0.15) is 36.3 Å². The van der Waals surface area contributed by atoms with Crippen LogP contribution in [0, 0.1) is 0 Å². The Bertz CT molecular complexity index is 1170. The van der Waals surface area contributed by atoms with Gasteiger partial charge in [-0.15, -0.1) is 0 Å². The summed E-state index contributed by atoms with van der Waals surface area (Å²) >= 11 is 0. The van der Waals surface area contributed by atoms with Crippen molar-refractivity contribution >= 4 is 11.6 Å². The summed E-state index contributed by atoms with van der Waals surface area (Å²) in [6, 6.07) is 16.1. The molecular formula is C22H19N3O3. The summed E-state index contributed by atoms with van der Waals surface area (Å²) in [5.74, 6) is 0.275. The number of Topliss-reactive ketones (excluding diaryl/α,β-unsaturated/α-hetero) is 1. The van der Waals surface area contributed by atoms with Gasteiger partial charge in [0, 0.05) is 23.6 Å². The highest BCUT2D eigenvalue weighted by Crippen LogP contribution is 2.44. The fourth-order valence-corrected chi connectivity index (χ4v) is 4.23. The third-order valence-electron chi connectivity index (χ3n) is 5.45. The van der Waals surface area contributed by atoms with Crippen LogP contribution in [0.5, 0.6) is 5.75 Å². The molecule has 6 heteroatoms. The van der Waals surface area contributed by atoms with E-state index in [2.05, 4.69) is 10.4 Å². The molecule has 2 heterocycles. The number of hydrogen-bond acceptors (Lipinski definition) is 4. The minimum absolute atomic E-state index is 0.0552. The van der Waals surface area contributed by atoms with E-state index in [1.807, 2.05) is 36.4 Å². The van der Waals surface area contributed by atoms with E-state index in [-0.39, 0.29) is 17.1 Å². The Morgan fingerprint density at radius 1 is 1.00 bits per heavy atom. The molecule has 2 aromatic carbocycles. The van der Waals surface area contributed by atoms with E-state index in [9.17, 15) is 14.7 Å². The summed E-state index contributed by atoms with van der Waals surface area (Å²) in [4.78, 5) is 26.2. The summed E-state index contributed by atoms with van der Waals surface area (Å²) in [7, 11) is 0. The van der Waals surface area contributed by atoms with Crippen LogP contribution in [-0.2, 0) is 4.79 Å². The zero-order chi connectivity index (χ0) is 19.3. The number of allylic oxidation sites excluding steroid dienone is 2. The molecule has 0 saturated carbocycles. The summed E-state index contributed by atoms with van der Waals surface area (Å²) in [6.45, 7) is 0. The van der Waals surface area contributed by atoms with Crippen molar-refractivity contribution in [1.29, 1.82) is 0 Å². The highest BCUT2D eigenvalue weighted by Gasteiger charge is 2.38. The molecule has 1 atom stereocenters. The smallest absolute Gasteiger partial charge is 0.277 e. The zero-order valence-corrected chi connectivity index (χ0v) is 15.1. The van der Waals surface area contributed by atoms with Crippen LogP contribution >= 0.6 is 0 Å². The Kier molecular flexibility index (Phi) is 3.72. The van der Waals surface area contributed by atoms with Gasteiger partial charge >= 0.3 is 0 Å². The molecule has 1 aliphatic heterocycles. The lowest BCUT2D eigenvalue weighted by atomic mass is 9.77. The lowest BCUT2D eigenvalue weighted by Gasteiger charge is -2.31. The first-order valence-corrected chi connectivity index (χ1v) is 9.36. The number of phenolic OH excluding ortho intramolecular Hbond substituents is 1. The van der Waals surface area contributed by atoms with Crippen LogP contribution < -0.4 is 10.9 Å². The molecule has 0 spiro atoms. The molecule has 1 aromatic heterocycles. The molecule has 0 saturated heterocycles. The average Bonchev–Trinajstić information content (AvgIpc) is 3.03. The topological polar surface area (TPSA) is 87.1 Å². The molecule has 28 heavy (non-hydrogen) atoms. The van der Waals surface area contributed by atoms with E-state index >= 15 is 0 Å². The lowest BCUT2D eigenvalue weighted by molar-refractivity contribution is -0.116. The number of aromatic amines is 1. The molecule has 6 nitrogen and oxygen atoms in total. The maximum Gasteiger partial charge on any atom is 0.277 e. The van der Waals surface area contributed by atoms with Crippen molar-refractivity contribution in [3.05, 3.63) is 87.3 Å². The van der Waals surface area contributed by atoms with Crippen LogP contribution in [-0.4, -0.2) is 20.7 Å². The van der Waals surface area contributed by atoms with Crippen molar-refractivity contribution in [2.45, 2.75) is 25.2 Å². The molecule has 0 fully saturated rings. The monoisotopic (exact) mass is 373 g/mol. The molecule has 2 aliphatic rings. The predicted octanol–water partition coefficient (Wildman–Crippen LogP) is 3.44. The van der Waals surface area contributed by atoms with Crippen LogP contribution in [0.25, 0.3) is 5.69 Å². The van der Waals surface area contributed by atoms with Gasteiger partial charge in [0.2, 0.25) is 0 Å². The van der Waals surface area contributed by atoms with E-state index in [1.165, 1.54) is 4.68 Å². The summed E-state index contributed by atoms with van der Waals surface area (Å²) in [5.41, 5.74) is 3.26. The fraction of sp³-hybridized carbons (Fsp3) is 0.182. The number of fused-ring (bicyclic) bond motifs is 1. The minimum atomic E-state index is -0.500. The highest BCUT2D eigenvalue weighted by molar-refractivity contribution is 6.00. The van der Waals surface area contributed by atoms with Gasteiger partial charge in [-0.05, 0) is 42.7 Å². The van der Waals surface area contributed by atoms with Gasteiger partial charge in [-0.25, -0.2) is 4.68 Å². The number of benzene rings is 2. The first-order valence-electron chi connectivity index (χ1n) is 9.36. The van der Waals surface area contributed by atoms with Gasteiger partial charge < -0.3 is 10.4 Å². The number of nitrogens with zero attached hydrogens (tertiary/aromatic N) is 1. The largest absolute Gasteiger partial charge is 0.508 e.